The van der Waals surface area contributed by atoms with Gasteiger partial charge in [0.05, 0.1) is 19.8 Å². The quantitative estimate of drug-likeness (QED) is 0.848. The fraction of sp³-hybridized carbons (Fsp3) is 0.500. The topological polar surface area (TPSA) is 50.5 Å². The molecule has 0 aliphatic carbocycles. The van der Waals surface area contributed by atoms with E-state index in [0.29, 0.717) is 19.1 Å². The molecule has 0 unspecified atom stereocenters. The first-order valence-electron chi connectivity index (χ1n) is 8.27. The van der Waals surface area contributed by atoms with Crippen LogP contribution in [0.2, 0.25) is 0 Å². The second-order valence-corrected chi connectivity index (χ2v) is 6.23. The van der Waals surface area contributed by atoms with Crippen LogP contribution in [0.1, 0.15) is 18.4 Å². The van der Waals surface area contributed by atoms with Gasteiger partial charge in [0.15, 0.2) is 0 Å². The molecule has 1 aromatic carbocycles. The van der Waals surface area contributed by atoms with Gasteiger partial charge in [0.1, 0.15) is 5.75 Å². The number of aromatic nitrogens is 2. The number of methoxy groups -OCH3 is 1. The van der Waals surface area contributed by atoms with Gasteiger partial charge in [-0.2, -0.15) is 5.10 Å². The van der Waals surface area contributed by atoms with E-state index in [1.807, 2.05) is 24.4 Å². The van der Waals surface area contributed by atoms with Gasteiger partial charge in [0.25, 0.3) is 0 Å². The van der Waals surface area contributed by atoms with Crippen LogP contribution in [0.4, 0.5) is 0 Å². The SMILES string of the molecule is COc1cccc(C[C@H]2CCCN2C[C@H](O)Cn2cccn2)c1. The van der Waals surface area contributed by atoms with Gasteiger partial charge in [-0.3, -0.25) is 9.58 Å². The summed E-state index contributed by atoms with van der Waals surface area (Å²) in [5.41, 5.74) is 1.29. The van der Waals surface area contributed by atoms with Crippen molar-refractivity contribution >= 4 is 0 Å². The van der Waals surface area contributed by atoms with E-state index in [-0.39, 0.29) is 6.10 Å². The van der Waals surface area contributed by atoms with Crippen molar-refractivity contribution in [1.82, 2.24) is 14.7 Å². The number of hydrogen-bond donors (Lipinski definition) is 1. The van der Waals surface area contributed by atoms with Crippen LogP contribution in [0.3, 0.4) is 0 Å². The van der Waals surface area contributed by atoms with Crippen LogP contribution in [0.15, 0.2) is 42.7 Å². The lowest BCUT2D eigenvalue weighted by atomic mass is 10.0. The minimum Gasteiger partial charge on any atom is -0.497 e. The second kappa shape index (κ2) is 7.62. The zero-order valence-corrected chi connectivity index (χ0v) is 13.6. The third-order valence-electron chi connectivity index (χ3n) is 4.51. The molecule has 5 heteroatoms. The lowest BCUT2D eigenvalue weighted by Gasteiger charge is -2.27. The van der Waals surface area contributed by atoms with Crippen molar-refractivity contribution in [2.24, 2.45) is 0 Å². The minimum atomic E-state index is -0.388. The maximum Gasteiger partial charge on any atom is 0.119 e. The first-order chi connectivity index (χ1) is 11.2. The molecule has 1 fully saturated rings. The van der Waals surface area contributed by atoms with E-state index in [2.05, 4.69) is 22.1 Å². The Labute approximate surface area is 137 Å². The average molecular weight is 315 g/mol. The highest BCUT2D eigenvalue weighted by Crippen LogP contribution is 2.23. The van der Waals surface area contributed by atoms with Gasteiger partial charge in [0, 0.05) is 25.0 Å². The molecule has 0 spiro atoms. The standard InChI is InChI=1S/C18H25N3O2/c1-23-18-7-2-5-15(12-18)11-16-6-3-9-20(16)13-17(22)14-21-10-4-8-19-21/h2,4-5,7-8,10,12,16-17,22H,3,6,9,11,13-14H2,1H3/t16-,17+/m1/s1. The molecule has 1 aliphatic heterocycles. The van der Waals surface area contributed by atoms with Gasteiger partial charge in [-0.05, 0) is 49.6 Å². The van der Waals surface area contributed by atoms with Crippen molar-refractivity contribution in [3.63, 3.8) is 0 Å². The van der Waals surface area contributed by atoms with Crippen molar-refractivity contribution in [1.29, 1.82) is 0 Å². The summed E-state index contributed by atoms with van der Waals surface area (Å²) in [6.45, 7) is 2.31. The molecule has 23 heavy (non-hydrogen) atoms. The third kappa shape index (κ3) is 4.33. The monoisotopic (exact) mass is 315 g/mol. The number of nitrogens with zero attached hydrogens (tertiary/aromatic N) is 3. The first kappa shape index (κ1) is 16.0. The predicted molar refractivity (Wildman–Crippen MR) is 89.5 cm³/mol. The van der Waals surface area contributed by atoms with Crippen molar-refractivity contribution in [2.45, 2.75) is 38.0 Å². The normalized spacial score (nSPS) is 19.8. The van der Waals surface area contributed by atoms with Crippen molar-refractivity contribution in [3.8, 4) is 5.75 Å². The fourth-order valence-corrected chi connectivity index (χ4v) is 3.39. The molecule has 1 aromatic heterocycles. The number of aliphatic hydroxyl groups is 1. The molecule has 0 amide bonds. The van der Waals surface area contributed by atoms with Gasteiger partial charge < -0.3 is 9.84 Å². The zero-order chi connectivity index (χ0) is 16.1. The molecule has 1 N–H and O–H groups in total. The van der Waals surface area contributed by atoms with Gasteiger partial charge in [-0.15, -0.1) is 0 Å². The Morgan fingerprint density at radius 1 is 1.35 bits per heavy atom. The summed E-state index contributed by atoms with van der Waals surface area (Å²) in [5, 5.41) is 14.5. The number of β-amino-alcohol motifs (C(OH)–C–C–N with tert-alkyl or cyclic N) is 1. The number of rotatable bonds is 7. The van der Waals surface area contributed by atoms with Crippen LogP contribution in [-0.4, -0.2) is 52.1 Å². The molecule has 1 saturated heterocycles. The number of ether oxygens (including phenoxy) is 1. The molecule has 0 radical (unpaired) electrons. The molecule has 0 saturated carbocycles. The van der Waals surface area contributed by atoms with Crippen LogP contribution in [0.25, 0.3) is 0 Å². The number of hydrogen-bond acceptors (Lipinski definition) is 4. The number of likely N-dealkylation sites (tertiary alicyclic amines) is 1. The molecule has 3 rings (SSSR count). The van der Waals surface area contributed by atoms with Crippen LogP contribution in [0, 0.1) is 0 Å². The minimum absolute atomic E-state index is 0.388. The van der Waals surface area contributed by atoms with E-state index in [1.54, 1.807) is 18.0 Å². The maximum atomic E-state index is 10.3. The molecule has 124 valence electrons. The molecular weight excluding hydrogens is 290 g/mol. The first-order valence-corrected chi connectivity index (χ1v) is 8.27. The Kier molecular flexibility index (Phi) is 5.31. The largest absolute Gasteiger partial charge is 0.497 e. The lowest BCUT2D eigenvalue weighted by molar-refractivity contribution is 0.0890. The van der Waals surface area contributed by atoms with Gasteiger partial charge >= 0.3 is 0 Å². The maximum absolute atomic E-state index is 10.3. The smallest absolute Gasteiger partial charge is 0.119 e. The van der Waals surface area contributed by atoms with Crippen molar-refractivity contribution in [3.05, 3.63) is 48.3 Å². The van der Waals surface area contributed by atoms with Gasteiger partial charge in [-0.1, -0.05) is 12.1 Å². The Morgan fingerprint density at radius 2 is 2.26 bits per heavy atom. The fourth-order valence-electron chi connectivity index (χ4n) is 3.39. The molecule has 2 aromatic rings. The van der Waals surface area contributed by atoms with Gasteiger partial charge in [-0.25, -0.2) is 0 Å². The third-order valence-corrected chi connectivity index (χ3v) is 4.51. The van der Waals surface area contributed by atoms with E-state index in [0.717, 1.165) is 18.7 Å². The zero-order valence-electron chi connectivity index (χ0n) is 13.6. The van der Waals surface area contributed by atoms with E-state index >= 15 is 0 Å². The summed E-state index contributed by atoms with van der Waals surface area (Å²) in [6.07, 6.45) is 6.64. The Hall–Kier alpha value is -1.85. The highest BCUT2D eigenvalue weighted by atomic mass is 16.5. The van der Waals surface area contributed by atoms with Gasteiger partial charge in [0.2, 0.25) is 0 Å². The van der Waals surface area contributed by atoms with Crippen LogP contribution in [0.5, 0.6) is 5.75 Å². The van der Waals surface area contributed by atoms with Crippen LogP contribution in [-0.2, 0) is 13.0 Å². The summed E-state index contributed by atoms with van der Waals surface area (Å²) in [5.74, 6) is 0.908. The summed E-state index contributed by atoms with van der Waals surface area (Å²) in [6, 6.07) is 10.7. The van der Waals surface area contributed by atoms with Crippen molar-refractivity contribution < 1.29 is 9.84 Å². The molecule has 0 bridgehead atoms. The van der Waals surface area contributed by atoms with Crippen LogP contribution >= 0.6 is 0 Å². The highest BCUT2D eigenvalue weighted by Gasteiger charge is 2.26. The van der Waals surface area contributed by atoms with E-state index in [9.17, 15) is 5.11 Å². The number of benzene rings is 1. The Balaban J connectivity index is 1.56. The summed E-state index contributed by atoms with van der Waals surface area (Å²) in [7, 11) is 1.70. The molecular formula is C18H25N3O2. The van der Waals surface area contributed by atoms with E-state index in [1.165, 1.54) is 18.4 Å². The number of aliphatic hydroxyl groups excluding tert-OH is 1. The highest BCUT2D eigenvalue weighted by molar-refractivity contribution is 5.29. The van der Waals surface area contributed by atoms with E-state index < -0.39 is 0 Å². The molecule has 5 nitrogen and oxygen atoms in total. The predicted octanol–water partition coefficient (Wildman–Crippen LogP) is 1.96. The molecule has 2 heterocycles. The second-order valence-electron chi connectivity index (χ2n) is 6.23. The van der Waals surface area contributed by atoms with Crippen molar-refractivity contribution in [2.75, 3.05) is 20.2 Å². The average Bonchev–Trinajstić information content (AvgIpc) is 3.20. The molecule has 1 aliphatic rings. The van der Waals surface area contributed by atoms with E-state index in [4.69, 9.17) is 4.74 Å². The Morgan fingerprint density at radius 3 is 3.04 bits per heavy atom. The Bertz CT molecular complexity index is 600. The summed E-state index contributed by atoms with van der Waals surface area (Å²) in [4.78, 5) is 2.41. The van der Waals surface area contributed by atoms with Crippen LogP contribution < -0.4 is 4.74 Å². The lowest BCUT2D eigenvalue weighted by Crippen LogP contribution is -2.39. The molecule has 2 atom stereocenters. The summed E-state index contributed by atoms with van der Waals surface area (Å²) >= 11 is 0. The summed E-state index contributed by atoms with van der Waals surface area (Å²) < 4.78 is 7.10.